The number of hydrogen-bond donors (Lipinski definition) is 1. The number of nitrogens with one attached hydrogen (secondary N) is 1. The Bertz CT molecular complexity index is 332. The molecule has 1 aromatic rings. The summed E-state index contributed by atoms with van der Waals surface area (Å²) in [6.45, 7) is 9.24. The number of anilines is 1. The maximum absolute atomic E-state index is 5.54. The minimum Gasteiger partial charge on any atom is -0.477 e. The maximum atomic E-state index is 5.54. The SMILES string of the molecule is CCOCCCNc1cc(OCC(C)C)ncn1. The third-order valence-electron chi connectivity index (χ3n) is 2.18. The summed E-state index contributed by atoms with van der Waals surface area (Å²) in [5, 5.41) is 3.22. The predicted octanol–water partition coefficient (Wildman–Crippen LogP) is 2.35. The van der Waals surface area contributed by atoms with E-state index in [4.69, 9.17) is 9.47 Å². The van der Waals surface area contributed by atoms with Crippen molar-refractivity contribution in [3.8, 4) is 5.88 Å². The molecule has 0 aliphatic carbocycles. The summed E-state index contributed by atoms with van der Waals surface area (Å²) in [7, 11) is 0. The van der Waals surface area contributed by atoms with Crippen LogP contribution < -0.4 is 10.1 Å². The largest absolute Gasteiger partial charge is 0.477 e. The first kappa shape index (κ1) is 14.7. The summed E-state index contributed by atoms with van der Waals surface area (Å²) in [5.41, 5.74) is 0. The molecule has 0 spiro atoms. The molecule has 5 heteroatoms. The van der Waals surface area contributed by atoms with Gasteiger partial charge in [-0.1, -0.05) is 13.8 Å². The van der Waals surface area contributed by atoms with Crippen molar-refractivity contribution >= 4 is 5.82 Å². The zero-order valence-corrected chi connectivity index (χ0v) is 11.5. The topological polar surface area (TPSA) is 56.3 Å². The van der Waals surface area contributed by atoms with Crippen molar-refractivity contribution in [2.45, 2.75) is 27.2 Å². The second kappa shape index (κ2) is 8.69. The fourth-order valence-corrected chi connectivity index (χ4v) is 1.30. The van der Waals surface area contributed by atoms with Crippen LogP contribution in [0.25, 0.3) is 0 Å². The third-order valence-corrected chi connectivity index (χ3v) is 2.18. The fraction of sp³-hybridized carbons (Fsp3) is 0.692. The quantitative estimate of drug-likeness (QED) is 0.685. The van der Waals surface area contributed by atoms with E-state index in [0.717, 1.165) is 32.0 Å². The van der Waals surface area contributed by atoms with E-state index in [2.05, 4.69) is 29.1 Å². The van der Waals surface area contributed by atoms with Crippen molar-refractivity contribution in [3.05, 3.63) is 12.4 Å². The molecule has 102 valence electrons. The molecule has 0 radical (unpaired) electrons. The first-order valence-corrected chi connectivity index (χ1v) is 6.48. The van der Waals surface area contributed by atoms with Gasteiger partial charge in [0, 0.05) is 25.8 Å². The molecule has 0 saturated heterocycles. The van der Waals surface area contributed by atoms with Crippen LogP contribution in [0.3, 0.4) is 0 Å². The van der Waals surface area contributed by atoms with Gasteiger partial charge >= 0.3 is 0 Å². The molecule has 1 aromatic heterocycles. The second-order valence-electron chi connectivity index (χ2n) is 4.42. The number of hydrogen-bond acceptors (Lipinski definition) is 5. The molecule has 0 unspecified atom stereocenters. The van der Waals surface area contributed by atoms with Gasteiger partial charge in [0.25, 0.3) is 0 Å². The van der Waals surface area contributed by atoms with E-state index in [0.29, 0.717) is 18.4 Å². The lowest BCUT2D eigenvalue weighted by Gasteiger charge is -2.09. The molecule has 5 nitrogen and oxygen atoms in total. The van der Waals surface area contributed by atoms with Gasteiger partial charge in [0.05, 0.1) is 6.61 Å². The summed E-state index contributed by atoms with van der Waals surface area (Å²) < 4.78 is 10.8. The third kappa shape index (κ3) is 6.39. The van der Waals surface area contributed by atoms with Gasteiger partial charge in [0.15, 0.2) is 0 Å². The molecule has 0 amide bonds. The minimum absolute atomic E-state index is 0.488. The van der Waals surface area contributed by atoms with Crippen LogP contribution in [0.5, 0.6) is 5.88 Å². The summed E-state index contributed by atoms with van der Waals surface area (Å²) in [6, 6.07) is 1.82. The van der Waals surface area contributed by atoms with Crippen LogP contribution >= 0.6 is 0 Å². The van der Waals surface area contributed by atoms with Gasteiger partial charge in [0.1, 0.15) is 12.1 Å². The first-order chi connectivity index (χ1) is 8.72. The van der Waals surface area contributed by atoms with Gasteiger partial charge in [-0.2, -0.15) is 0 Å². The van der Waals surface area contributed by atoms with Gasteiger partial charge in [0.2, 0.25) is 5.88 Å². The van der Waals surface area contributed by atoms with Crippen molar-refractivity contribution in [3.63, 3.8) is 0 Å². The molecule has 1 rings (SSSR count). The Morgan fingerprint density at radius 3 is 2.89 bits per heavy atom. The van der Waals surface area contributed by atoms with Crippen LogP contribution in [0.15, 0.2) is 12.4 Å². The molecule has 0 fully saturated rings. The molecular weight excluding hydrogens is 230 g/mol. The zero-order valence-electron chi connectivity index (χ0n) is 11.5. The standard InChI is InChI=1S/C13H23N3O2/c1-4-17-7-5-6-14-12-8-13(16-10-15-12)18-9-11(2)3/h8,10-11H,4-7,9H2,1-3H3,(H,14,15,16). The highest BCUT2D eigenvalue weighted by molar-refractivity contribution is 5.36. The van der Waals surface area contributed by atoms with Crippen molar-refractivity contribution < 1.29 is 9.47 Å². The number of ether oxygens (including phenoxy) is 2. The molecule has 0 saturated carbocycles. The van der Waals surface area contributed by atoms with E-state index in [1.54, 1.807) is 0 Å². The van der Waals surface area contributed by atoms with Gasteiger partial charge in [-0.3, -0.25) is 0 Å². The normalized spacial score (nSPS) is 10.7. The monoisotopic (exact) mass is 253 g/mol. The average Bonchev–Trinajstić information content (AvgIpc) is 2.37. The molecule has 1 heterocycles. The van der Waals surface area contributed by atoms with Crippen molar-refractivity contribution in [1.29, 1.82) is 0 Å². The molecule has 0 atom stereocenters. The molecule has 0 aromatic carbocycles. The highest BCUT2D eigenvalue weighted by Crippen LogP contribution is 2.11. The van der Waals surface area contributed by atoms with Crippen LogP contribution in [0.1, 0.15) is 27.2 Å². The lowest BCUT2D eigenvalue weighted by molar-refractivity contribution is 0.147. The number of aromatic nitrogens is 2. The highest BCUT2D eigenvalue weighted by atomic mass is 16.5. The summed E-state index contributed by atoms with van der Waals surface area (Å²) in [5.74, 6) is 1.90. The number of rotatable bonds is 9. The van der Waals surface area contributed by atoms with E-state index in [1.807, 2.05) is 13.0 Å². The van der Waals surface area contributed by atoms with Gasteiger partial charge < -0.3 is 14.8 Å². The number of nitrogens with zero attached hydrogens (tertiary/aromatic N) is 2. The Morgan fingerprint density at radius 2 is 2.17 bits per heavy atom. The average molecular weight is 253 g/mol. The summed E-state index contributed by atoms with van der Waals surface area (Å²) >= 11 is 0. The van der Waals surface area contributed by atoms with E-state index in [9.17, 15) is 0 Å². The van der Waals surface area contributed by atoms with Crippen molar-refractivity contribution in [2.24, 2.45) is 5.92 Å². The first-order valence-electron chi connectivity index (χ1n) is 6.48. The Labute approximate surface area is 109 Å². The lowest BCUT2D eigenvalue weighted by atomic mass is 10.2. The van der Waals surface area contributed by atoms with Crippen molar-refractivity contribution in [2.75, 3.05) is 31.7 Å². The van der Waals surface area contributed by atoms with Crippen LogP contribution in [-0.2, 0) is 4.74 Å². The fourth-order valence-electron chi connectivity index (χ4n) is 1.30. The molecular formula is C13H23N3O2. The Balaban J connectivity index is 2.30. The van der Waals surface area contributed by atoms with Crippen molar-refractivity contribution in [1.82, 2.24) is 9.97 Å². The Morgan fingerprint density at radius 1 is 1.33 bits per heavy atom. The van der Waals surface area contributed by atoms with Crippen LogP contribution in [0.2, 0.25) is 0 Å². The van der Waals surface area contributed by atoms with Crippen LogP contribution in [-0.4, -0.2) is 36.3 Å². The van der Waals surface area contributed by atoms with Gasteiger partial charge in [-0.05, 0) is 19.3 Å². The summed E-state index contributed by atoms with van der Waals surface area (Å²) in [4.78, 5) is 8.21. The molecule has 1 N–H and O–H groups in total. The van der Waals surface area contributed by atoms with Crippen LogP contribution in [0, 0.1) is 5.92 Å². The van der Waals surface area contributed by atoms with E-state index >= 15 is 0 Å². The zero-order chi connectivity index (χ0) is 13.2. The summed E-state index contributed by atoms with van der Waals surface area (Å²) in [6.07, 6.45) is 2.47. The Hall–Kier alpha value is -1.36. The molecule has 0 aliphatic heterocycles. The van der Waals surface area contributed by atoms with Gasteiger partial charge in [-0.25, -0.2) is 9.97 Å². The molecule has 18 heavy (non-hydrogen) atoms. The molecule has 0 bridgehead atoms. The van der Waals surface area contributed by atoms with E-state index in [-0.39, 0.29) is 0 Å². The Kier molecular flexibility index (Phi) is 7.10. The van der Waals surface area contributed by atoms with Gasteiger partial charge in [-0.15, -0.1) is 0 Å². The van der Waals surface area contributed by atoms with E-state index < -0.39 is 0 Å². The molecule has 0 aliphatic rings. The predicted molar refractivity (Wildman–Crippen MR) is 72.0 cm³/mol. The van der Waals surface area contributed by atoms with Crippen LogP contribution in [0.4, 0.5) is 5.82 Å². The smallest absolute Gasteiger partial charge is 0.218 e. The minimum atomic E-state index is 0.488. The second-order valence-corrected chi connectivity index (χ2v) is 4.42. The van der Waals surface area contributed by atoms with E-state index in [1.165, 1.54) is 6.33 Å². The lowest BCUT2D eigenvalue weighted by Crippen LogP contribution is -2.09. The highest BCUT2D eigenvalue weighted by Gasteiger charge is 2.01. The maximum Gasteiger partial charge on any atom is 0.218 e.